The molecule has 5 heteroatoms. The first-order valence-electron chi connectivity index (χ1n) is 9.66. The minimum Gasteiger partial charge on any atom is -0.370 e. The Balaban J connectivity index is 1.51. The van der Waals surface area contributed by atoms with Crippen LogP contribution in [0.25, 0.3) is 0 Å². The fourth-order valence-corrected chi connectivity index (χ4v) is 4.11. The van der Waals surface area contributed by atoms with Gasteiger partial charge in [0.25, 0.3) is 0 Å². The van der Waals surface area contributed by atoms with E-state index in [-0.39, 0.29) is 0 Å². The van der Waals surface area contributed by atoms with Gasteiger partial charge in [0.2, 0.25) is 0 Å². The Morgan fingerprint density at radius 2 is 1.81 bits per heavy atom. The SMILES string of the molecule is NC(=NCc1ccccc1CN1CCCCCC1)NCCc1cccs1. The van der Waals surface area contributed by atoms with Gasteiger partial charge >= 0.3 is 0 Å². The highest BCUT2D eigenvalue weighted by molar-refractivity contribution is 7.09. The number of thiophene rings is 1. The van der Waals surface area contributed by atoms with Crippen LogP contribution in [0.3, 0.4) is 0 Å². The van der Waals surface area contributed by atoms with E-state index in [2.05, 4.69) is 57.0 Å². The number of benzene rings is 1. The summed E-state index contributed by atoms with van der Waals surface area (Å²) in [6, 6.07) is 12.9. The van der Waals surface area contributed by atoms with E-state index >= 15 is 0 Å². The number of hydrogen-bond donors (Lipinski definition) is 2. The van der Waals surface area contributed by atoms with Crippen molar-refractivity contribution in [2.24, 2.45) is 10.7 Å². The highest BCUT2D eigenvalue weighted by atomic mass is 32.1. The topological polar surface area (TPSA) is 53.6 Å². The van der Waals surface area contributed by atoms with Gasteiger partial charge < -0.3 is 11.1 Å². The molecule has 0 spiro atoms. The molecule has 4 nitrogen and oxygen atoms in total. The molecule has 140 valence electrons. The van der Waals surface area contributed by atoms with Crippen molar-refractivity contribution in [2.45, 2.75) is 45.2 Å². The van der Waals surface area contributed by atoms with Gasteiger partial charge in [0.1, 0.15) is 0 Å². The first-order valence-corrected chi connectivity index (χ1v) is 10.5. The smallest absolute Gasteiger partial charge is 0.188 e. The average molecular weight is 371 g/mol. The van der Waals surface area contributed by atoms with Crippen molar-refractivity contribution < 1.29 is 0 Å². The molecular formula is C21H30N4S. The van der Waals surface area contributed by atoms with Crippen molar-refractivity contribution >= 4 is 17.3 Å². The van der Waals surface area contributed by atoms with Gasteiger partial charge in [-0.25, -0.2) is 4.99 Å². The second kappa shape index (κ2) is 10.3. The molecule has 1 aromatic carbocycles. The zero-order valence-corrected chi connectivity index (χ0v) is 16.3. The van der Waals surface area contributed by atoms with E-state index in [9.17, 15) is 0 Å². The molecule has 3 rings (SSSR count). The van der Waals surface area contributed by atoms with Crippen LogP contribution in [0.5, 0.6) is 0 Å². The Morgan fingerprint density at radius 3 is 2.54 bits per heavy atom. The number of nitrogens with one attached hydrogen (secondary N) is 1. The Labute approximate surface area is 161 Å². The number of aliphatic imine (C=N–C) groups is 1. The summed E-state index contributed by atoms with van der Waals surface area (Å²) in [4.78, 5) is 8.50. The van der Waals surface area contributed by atoms with Crippen LogP contribution in [0.4, 0.5) is 0 Å². The molecule has 26 heavy (non-hydrogen) atoms. The number of nitrogens with zero attached hydrogens (tertiary/aromatic N) is 2. The predicted octanol–water partition coefficient (Wildman–Crippen LogP) is 3.77. The number of hydrogen-bond acceptors (Lipinski definition) is 3. The van der Waals surface area contributed by atoms with Gasteiger partial charge in [-0.3, -0.25) is 4.90 Å². The molecule has 1 fully saturated rings. The lowest BCUT2D eigenvalue weighted by molar-refractivity contribution is 0.276. The highest BCUT2D eigenvalue weighted by Crippen LogP contribution is 2.17. The molecular weight excluding hydrogens is 340 g/mol. The summed E-state index contributed by atoms with van der Waals surface area (Å²) in [7, 11) is 0. The van der Waals surface area contributed by atoms with Gasteiger partial charge in [-0.05, 0) is 54.9 Å². The van der Waals surface area contributed by atoms with Crippen molar-refractivity contribution in [3.63, 3.8) is 0 Å². The molecule has 1 saturated heterocycles. The lowest BCUT2D eigenvalue weighted by Gasteiger charge is -2.21. The van der Waals surface area contributed by atoms with Gasteiger partial charge in [-0.1, -0.05) is 43.2 Å². The zero-order chi connectivity index (χ0) is 18.0. The van der Waals surface area contributed by atoms with E-state index in [1.807, 2.05) is 0 Å². The van der Waals surface area contributed by atoms with Gasteiger partial charge in [-0.2, -0.15) is 0 Å². The Kier molecular flexibility index (Phi) is 7.52. The van der Waals surface area contributed by atoms with Gasteiger partial charge in [-0.15, -0.1) is 11.3 Å². The Morgan fingerprint density at radius 1 is 1.04 bits per heavy atom. The highest BCUT2D eigenvalue weighted by Gasteiger charge is 2.11. The molecule has 2 aromatic rings. The summed E-state index contributed by atoms with van der Waals surface area (Å²) in [5.41, 5.74) is 8.70. The van der Waals surface area contributed by atoms with E-state index < -0.39 is 0 Å². The van der Waals surface area contributed by atoms with Crippen LogP contribution in [0.2, 0.25) is 0 Å². The Bertz CT molecular complexity index is 673. The molecule has 0 aliphatic carbocycles. The maximum atomic E-state index is 6.05. The van der Waals surface area contributed by atoms with Crippen LogP contribution in [0.1, 0.15) is 41.7 Å². The van der Waals surface area contributed by atoms with E-state index in [0.717, 1.165) is 19.5 Å². The number of nitrogens with two attached hydrogens (primary N) is 1. The molecule has 1 aliphatic heterocycles. The summed E-state index contributed by atoms with van der Waals surface area (Å²) < 4.78 is 0. The van der Waals surface area contributed by atoms with Crippen LogP contribution in [-0.4, -0.2) is 30.5 Å². The Hall–Kier alpha value is -1.85. The number of rotatable bonds is 7. The molecule has 1 aliphatic rings. The zero-order valence-electron chi connectivity index (χ0n) is 15.5. The molecule has 0 atom stereocenters. The van der Waals surface area contributed by atoms with Crippen molar-refractivity contribution in [2.75, 3.05) is 19.6 Å². The maximum absolute atomic E-state index is 6.05. The van der Waals surface area contributed by atoms with Crippen LogP contribution >= 0.6 is 11.3 Å². The van der Waals surface area contributed by atoms with Gasteiger partial charge in [0.05, 0.1) is 6.54 Å². The minimum absolute atomic E-state index is 0.533. The first-order chi connectivity index (χ1) is 12.8. The maximum Gasteiger partial charge on any atom is 0.188 e. The second-order valence-corrected chi connectivity index (χ2v) is 7.95. The predicted molar refractivity (Wildman–Crippen MR) is 112 cm³/mol. The van der Waals surface area contributed by atoms with Crippen LogP contribution in [0.15, 0.2) is 46.8 Å². The summed E-state index contributed by atoms with van der Waals surface area (Å²) in [6.07, 6.45) is 6.37. The third-order valence-electron chi connectivity index (χ3n) is 4.89. The summed E-state index contributed by atoms with van der Waals surface area (Å²) in [5, 5.41) is 5.33. The standard InChI is InChI=1S/C21H30N4S/c22-21(23-12-11-20-10-7-15-26-20)24-16-18-8-3-4-9-19(18)17-25-13-5-1-2-6-14-25/h3-4,7-10,15H,1-2,5-6,11-14,16-17H2,(H3,22,23,24). The quantitative estimate of drug-likeness (QED) is 0.576. The molecule has 3 N–H and O–H groups in total. The number of likely N-dealkylation sites (tertiary alicyclic amines) is 1. The molecule has 0 bridgehead atoms. The molecule has 0 saturated carbocycles. The van der Waals surface area contributed by atoms with Gasteiger partial charge in [0, 0.05) is 18.0 Å². The van der Waals surface area contributed by atoms with Crippen LogP contribution < -0.4 is 11.1 Å². The van der Waals surface area contributed by atoms with E-state index in [1.165, 1.54) is 54.8 Å². The normalized spacial score (nSPS) is 16.4. The lowest BCUT2D eigenvalue weighted by Crippen LogP contribution is -2.33. The lowest BCUT2D eigenvalue weighted by atomic mass is 10.1. The second-order valence-electron chi connectivity index (χ2n) is 6.92. The fraction of sp³-hybridized carbons (Fsp3) is 0.476. The van der Waals surface area contributed by atoms with E-state index in [4.69, 9.17) is 5.73 Å². The van der Waals surface area contributed by atoms with E-state index in [1.54, 1.807) is 11.3 Å². The minimum atomic E-state index is 0.533. The first kappa shape index (κ1) is 18.9. The molecule has 1 aromatic heterocycles. The van der Waals surface area contributed by atoms with E-state index in [0.29, 0.717) is 12.5 Å². The van der Waals surface area contributed by atoms with Crippen LogP contribution in [-0.2, 0) is 19.5 Å². The van der Waals surface area contributed by atoms with Crippen molar-refractivity contribution in [1.29, 1.82) is 0 Å². The van der Waals surface area contributed by atoms with Gasteiger partial charge in [0.15, 0.2) is 5.96 Å². The average Bonchev–Trinajstić information content (AvgIpc) is 3.04. The van der Waals surface area contributed by atoms with Crippen molar-refractivity contribution in [3.05, 3.63) is 57.8 Å². The fourth-order valence-electron chi connectivity index (χ4n) is 3.40. The largest absolute Gasteiger partial charge is 0.370 e. The monoisotopic (exact) mass is 370 g/mol. The molecule has 0 amide bonds. The third kappa shape index (κ3) is 6.15. The van der Waals surface area contributed by atoms with Crippen molar-refractivity contribution in [1.82, 2.24) is 10.2 Å². The molecule has 0 radical (unpaired) electrons. The number of guanidine groups is 1. The summed E-state index contributed by atoms with van der Waals surface area (Å²) in [5.74, 6) is 0.533. The summed E-state index contributed by atoms with van der Waals surface area (Å²) in [6.45, 7) is 4.92. The molecule has 2 heterocycles. The molecule has 0 unspecified atom stereocenters. The summed E-state index contributed by atoms with van der Waals surface area (Å²) >= 11 is 1.78. The third-order valence-corrected chi connectivity index (χ3v) is 5.82. The van der Waals surface area contributed by atoms with Crippen molar-refractivity contribution in [3.8, 4) is 0 Å². The van der Waals surface area contributed by atoms with Crippen LogP contribution in [0, 0.1) is 0 Å².